The van der Waals surface area contributed by atoms with Crippen molar-refractivity contribution in [2.75, 3.05) is 24.2 Å². The van der Waals surface area contributed by atoms with Gasteiger partial charge in [-0.1, -0.05) is 18.2 Å². The van der Waals surface area contributed by atoms with Crippen LogP contribution < -0.4 is 21.3 Å². The van der Waals surface area contributed by atoms with Crippen LogP contribution in [0.1, 0.15) is 27.9 Å². The summed E-state index contributed by atoms with van der Waals surface area (Å²) in [5.41, 5.74) is 4.39. The Balaban J connectivity index is 1.49. The summed E-state index contributed by atoms with van der Waals surface area (Å²) in [4.78, 5) is 36.4. The zero-order chi connectivity index (χ0) is 29.7. The molecule has 0 fully saturated rings. The number of carboxylic acid groups (broad SMARTS) is 1. The molecule has 0 aliphatic carbocycles. The van der Waals surface area contributed by atoms with E-state index in [0.29, 0.717) is 34.8 Å². The maximum atomic E-state index is 15.1. The molecular weight excluding hydrogens is 546 g/mol. The van der Waals surface area contributed by atoms with Crippen molar-refractivity contribution in [1.82, 2.24) is 4.57 Å². The normalized spacial score (nSPS) is 10.8. The first-order valence-electron chi connectivity index (χ1n) is 12.2. The van der Waals surface area contributed by atoms with E-state index in [1.54, 1.807) is 24.3 Å². The molecular formula is C29H23F4N3O5. The SMILES string of the molecule is Nc1c(C(=O)c2ccc(F)cc2F)ccc(=O)n1-c1c(F)cc(OCCCNc2ccccc2CC(=O)O)cc1F. The smallest absolute Gasteiger partial charge is 0.307 e. The maximum Gasteiger partial charge on any atom is 0.307 e. The van der Waals surface area contributed by atoms with Crippen LogP contribution in [0.2, 0.25) is 0 Å². The number of hydrogen-bond acceptors (Lipinski definition) is 6. The monoisotopic (exact) mass is 569 g/mol. The van der Waals surface area contributed by atoms with Crippen LogP contribution in [0, 0.1) is 23.3 Å². The quantitative estimate of drug-likeness (QED) is 0.136. The van der Waals surface area contributed by atoms with Gasteiger partial charge in [-0.25, -0.2) is 17.6 Å². The topological polar surface area (TPSA) is 124 Å². The Morgan fingerprint density at radius 3 is 2.27 bits per heavy atom. The average molecular weight is 570 g/mol. The summed E-state index contributed by atoms with van der Waals surface area (Å²) >= 11 is 0. The summed E-state index contributed by atoms with van der Waals surface area (Å²) in [6.45, 7) is 0.419. The summed E-state index contributed by atoms with van der Waals surface area (Å²) in [7, 11) is 0. The third-order valence-corrected chi connectivity index (χ3v) is 6.03. The molecule has 0 aliphatic heterocycles. The second-order valence-electron chi connectivity index (χ2n) is 8.85. The summed E-state index contributed by atoms with van der Waals surface area (Å²) in [6, 6.07) is 12.6. The number of aliphatic carboxylic acids is 1. The Hall–Kier alpha value is -5.13. The number of nitrogens with one attached hydrogen (secondary N) is 1. The number of halogens is 4. The highest BCUT2D eigenvalue weighted by molar-refractivity contribution is 6.11. The molecule has 1 aromatic heterocycles. The molecule has 1 heterocycles. The van der Waals surface area contributed by atoms with E-state index in [4.69, 9.17) is 15.6 Å². The molecule has 4 N–H and O–H groups in total. The van der Waals surface area contributed by atoms with E-state index < -0.39 is 63.2 Å². The molecule has 0 bridgehead atoms. The first-order valence-corrected chi connectivity index (χ1v) is 12.2. The highest BCUT2D eigenvalue weighted by atomic mass is 19.1. The molecule has 4 aromatic rings. The third kappa shape index (κ3) is 6.55. The maximum absolute atomic E-state index is 15.1. The van der Waals surface area contributed by atoms with Crippen LogP contribution in [0.5, 0.6) is 5.75 Å². The fourth-order valence-corrected chi connectivity index (χ4v) is 4.13. The van der Waals surface area contributed by atoms with Gasteiger partial charge in [0.15, 0.2) is 17.4 Å². The molecule has 0 atom stereocenters. The van der Waals surface area contributed by atoms with Crippen molar-refractivity contribution in [3.05, 3.63) is 117 Å². The minimum Gasteiger partial charge on any atom is -0.493 e. The Labute approximate surface area is 230 Å². The Bertz CT molecular complexity index is 1670. The summed E-state index contributed by atoms with van der Waals surface area (Å²) in [6.07, 6.45) is 0.237. The van der Waals surface area contributed by atoms with Gasteiger partial charge in [-0.2, -0.15) is 0 Å². The Morgan fingerprint density at radius 1 is 0.902 bits per heavy atom. The van der Waals surface area contributed by atoms with Gasteiger partial charge in [0.25, 0.3) is 5.56 Å². The first kappa shape index (κ1) is 28.9. The zero-order valence-electron chi connectivity index (χ0n) is 21.3. The van der Waals surface area contributed by atoms with Gasteiger partial charge >= 0.3 is 5.97 Å². The third-order valence-electron chi connectivity index (χ3n) is 6.03. The number of pyridine rings is 1. The fraction of sp³-hybridized carbons (Fsp3) is 0.138. The van der Waals surface area contributed by atoms with E-state index in [2.05, 4.69) is 5.32 Å². The largest absolute Gasteiger partial charge is 0.493 e. The van der Waals surface area contributed by atoms with Crippen molar-refractivity contribution >= 4 is 23.3 Å². The molecule has 8 nitrogen and oxygen atoms in total. The molecule has 41 heavy (non-hydrogen) atoms. The number of ketones is 1. The second kappa shape index (κ2) is 12.4. The molecule has 212 valence electrons. The van der Waals surface area contributed by atoms with E-state index in [0.717, 1.165) is 36.4 Å². The summed E-state index contributed by atoms with van der Waals surface area (Å²) in [5, 5.41) is 12.1. The lowest BCUT2D eigenvalue weighted by Crippen LogP contribution is -2.25. The predicted molar refractivity (Wildman–Crippen MR) is 143 cm³/mol. The summed E-state index contributed by atoms with van der Waals surface area (Å²) < 4.78 is 63.5. The van der Waals surface area contributed by atoms with E-state index in [1.807, 2.05) is 0 Å². The van der Waals surface area contributed by atoms with E-state index in [-0.39, 0.29) is 18.8 Å². The van der Waals surface area contributed by atoms with Crippen molar-refractivity contribution < 1.29 is 37.0 Å². The van der Waals surface area contributed by atoms with Crippen LogP contribution in [-0.2, 0) is 11.2 Å². The summed E-state index contributed by atoms with van der Waals surface area (Å²) in [5.74, 6) is -7.34. The molecule has 0 saturated carbocycles. The molecule has 0 spiro atoms. The van der Waals surface area contributed by atoms with Crippen molar-refractivity contribution in [3.8, 4) is 11.4 Å². The number of carboxylic acids is 1. The lowest BCUT2D eigenvalue weighted by atomic mass is 10.0. The minimum absolute atomic E-state index is 0.0433. The predicted octanol–water partition coefficient (Wildman–Crippen LogP) is 4.72. The first-order chi connectivity index (χ1) is 19.6. The van der Waals surface area contributed by atoms with Gasteiger partial charge < -0.3 is 20.9 Å². The number of rotatable bonds is 11. The van der Waals surface area contributed by atoms with Gasteiger partial charge in [-0.05, 0) is 36.2 Å². The van der Waals surface area contributed by atoms with Crippen molar-refractivity contribution in [2.24, 2.45) is 0 Å². The number of benzene rings is 3. The standard InChI is InChI=1S/C29H23F4N3O5/c30-17-6-7-19(21(31)13-17)28(40)20-8-9-25(37)36(29(20)34)27-22(32)14-18(15-23(27)33)41-11-3-10-35-24-5-2-1-4-16(24)12-26(38)39/h1-2,4-9,13-15,35H,3,10-12,34H2,(H,38,39). The van der Waals surface area contributed by atoms with Crippen molar-refractivity contribution in [3.63, 3.8) is 0 Å². The lowest BCUT2D eigenvalue weighted by molar-refractivity contribution is -0.136. The molecule has 3 aromatic carbocycles. The van der Waals surface area contributed by atoms with Gasteiger partial charge in [0.1, 0.15) is 28.9 Å². The van der Waals surface area contributed by atoms with E-state index >= 15 is 8.78 Å². The van der Waals surface area contributed by atoms with Gasteiger partial charge in [-0.15, -0.1) is 0 Å². The minimum atomic E-state index is -1.22. The number of carbonyl (C=O) groups excluding carboxylic acids is 1. The van der Waals surface area contributed by atoms with E-state index in [9.17, 15) is 23.2 Å². The van der Waals surface area contributed by atoms with Crippen molar-refractivity contribution in [1.29, 1.82) is 0 Å². The molecule has 0 aliphatic rings. The van der Waals surface area contributed by atoms with Crippen LogP contribution in [0.4, 0.5) is 29.1 Å². The molecule has 0 saturated heterocycles. The number of hydrogen-bond donors (Lipinski definition) is 3. The van der Waals surface area contributed by atoms with Gasteiger partial charge in [0, 0.05) is 36.5 Å². The number of carbonyl (C=O) groups is 2. The Morgan fingerprint density at radius 2 is 1.59 bits per heavy atom. The van der Waals surface area contributed by atoms with E-state index in [1.165, 1.54) is 0 Å². The molecule has 0 radical (unpaired) electrons. The average Bonchev–Trinajstić information content (AvgIpc) is 2.90. The van der Waals surface area contributed by atoms with Crippen molar-refractivity contribution in [2.45, 2.75) is 12.8 Å². The number of ether oxygens (including phenoxy) is 1. The molecule has 0 amide bonds. The van der Waals surface area contributed by atoms with Gasteiger partial charge in [0.05, 0.1) is 24.2 Å². The van der Waals surface area contributed by atoms with Crippen LogP contribution >= 0.6 is 0 Å². The van der Waals surface area contributed by atoms with Gasteiger partial charge in [-0.3, -0.25) is 19.0 Å². The number of aromatic nitrogens is 1. The molecule has 12 heteroatoms. The van der Waals surface area contributed by atoms with Crippen LogP contribution in [0.15, 0.2) is 71.5 Å². The van der Waals surface area contributed by atoms with Crippen LogP contribution in [-0.4, -0.2) is 34.6 Å². The van der Waals surface area contributed by atoms with Crippen LogP contribution in [0.3, 0.4) is 0 Å². The number of para-hydroxylation sites is 1. The molecule has 4 rings (SSSR count). The fourth-order valence-electron chi connectivity index (χ4n) is 4.13. The highest BCUT2D eigenvalue weighted by Crippen LogP contribution is 2.27. The lowest BCUT2D eigenvalue weighted by Gasteiger charge is -2.16. The Kier molecular flexibility index (Phi) is 8.71. The second-order valence-corrected chi connectivity index (χ2v) is 8.85. The zero-order valence-corrected chi connectivity index (χ0v) is 21.3. The highest BCUT2D eigenvalue weighted by Gasteiger charge is 2.23. The number of anilines is 2. The number of nitrogens with two attached hydrogens (primary N) is 1. The number of nitrogen functional groups attached to an aromatic ring is 1. The van der Waals surface area contributed by atoms with Gasteiger partial charge in [0.2, 0.25) is 0 Å². The van der Waals surface area contributed by atoms with Crippen LogP contribution in [0.25, 0.3) is 5.69 Å². The number of nitrogens with zero attached hydrogens (tertiary/aromatic N) is 1. The molecule has 0 unspecified atom stereocenters.